The van der Waals surface area contributed by atoms with Gasteiger partial charge in [-0.15, -0.1) is 0 Å². The van der Waals surface area contributed by atoms with Gasteiger partial charge in [0.2, 0.25) is 5.91 Å². The summed E-state index contributed by atoms with van der Waals surface area (Å²) in [6.45, 7) is 6.97. The Kier molecular flexibility index (Phi) is 6.56. The van der Waals surface area contributed by atoms with Crippen molar-refractivity contribution in [2.45, 2.75) is 40.0 Å². The zero-order chi connectivity index (χ0) is 18.4. The first-order valence-corrected chi connectivity index (χ1v) is 8.89. The van der Waals surface area contributed by atoms with Gasteiger partial charge in [0.15, 0.2) is 12.4 Å². The summed E-state index contributed by atoms with van der Waals surface area (Å²) in [4.78, 5) is 40.1. The van der Waals surface area contributed by atoms with E-state index in [9.17, 15) is 14.4 Å². The fraction of sp³-hybridized carbons (Fsp3) is 0.526. The van der Waals surface area contributed by atoms with E-state index >= 15 is 0 Å². The van der Waals surface area contributed by atoms with Gasteiger partial charge in [-0.1, -0.05) is 20.3 Å². The minimum absolute atomic E-state index is 0.00905. The summed E-state index contributed by atoms with van der Waals surface area (Å²) in [6, 6.07) is 5.03. The van der Waals surface area contributed by atoms with E-state index < -0.39 is 0 Å². The maximum Gasteiger partial charge on any atom is 0.265 e. The van der Waals surface area contributed by atoms with Crippen molar-refractivity contribution in [3.8, 4) is 5.75 Å². The number of carbonyl (C=O) groups excluding carboxylic acids is 3. The quantitative estimate of drug-likeness (QED) is 0.679. The number of benzene rings is 1. The Bertz CT molecular complexity index is 657. The van der Waals surface area contributed by atoms with Crippen LogP contribution in [0.25, 0.3) is 0 Å². The number of unbranched alkanes of at least 4 members (excludes halogenated alkanes) is 1. The second-order valence-electron chi connectivity index (χ2n) is 6.05. The van der Waals surface area contributed by atoms with Gasteiger partial charge in [-0.25, -0.2) is 0 Å². The molecule has 0 bridgehead atoms. The number of nitrogens with zero attached hydrogens (tertiary/aromatic N) is 2. The number of ketones is 1. The highest BCUT2D eigenvalue weighted by atomic mass is 16.5. The van der Waals surface area contributed by atoms with E-state index in [0.717, 1.165) is 12.8 Å². The SMILES string of the molecule is CCCCN(CC)C(=O)CN1C(=O)COc2ccc(C(=O)CC)cc21. The number of carbonyl (C=O) groups is 3. The lowest BCUT2D eigenvalue weighted by molar-refractivity contribution is -0.131. The summed E-state index contributed by atoms with van der Waals surface area (Å²) in [7, 11) is 0. The Morgan fingerprint density at radius 3 is 2.64 bits per heavy atom. The molecule has 0 saturated carbocycles. The van der Waals surface area contributed by atoms with Gasteiger partial charge in [0.25, 0.3) is 5.91 Å². The highest BCUT2D eigenvalue weighted by Gasteiger charge is 2.29. The topological polar surface area (TPSA) is 66.9 Å². The van der Waals surface area contributed by atoms with Crippen LogP contribution >= 0.6 is 0 Å². The summed E-state index contributed by atoms with van der Waals surface area (Å²) in [5.74, 6) is 0.153. The number of amides is 2. The molecule has 25 heavy (non-hydrogen) atoms. The van der Waals surface area contributed by atoms with Crippen LogP contribution in [-0.2, 0) is 9.59 Å². The van der Waals surface area contributed by atoms with Gasteiger partial charge in [-0.2, -0.15) is 0 Å². The monoisotopic (exact) mass is 346 g/mol. The first kappa shape index (κ1) is 19.0. The smallest absolute Gasteiger partial charge is 0.265 e. The highest BCUT2D eigenvalue weighted by molar-refractivity contribution is 6.04. The lowest BCUT2D eigenvalue weighted by atomic mass is 10.1. The Labute approximate surface area is 148 Å². The van der Waals surface area contributed by atoms with E-state index in [4.69, 9.17) is 4.74 Å². The summed E-state index contributed by atoms with van der Waals surface area (Å²) in [5, 5.41) is 0. The van der Waals surface area contributed by atoms with Crippen molar-refractivity contribution in [1.29, 1.82) is 0 Å². The molecule has 1 aromatic rings. The van der Waals surface area contributed by atoms with Gasteiger partial charge in [-0.05, 0) is 31.5 Å². The lowest BCUT2D eigenvalue weighted by Crippen LogP contribution is -2.46. The Hall–Kier alpha value is -2.37. The van der Waals surface area contributed by atoms with Gasteiger partial charge in [0.05, 0.1) is 5.69 Å². The van der Waals surface area contributed by atoms with Crippen LogP contribution in [0.5, 0.6) is 5.75 Å². The first-order chi connectivity index (χ1) is 12.0. The largest absolute Gasteiger partial charge is 0.482 e. The van der Waals surface area contributed by atoms with E-state index in [-0.39, 0.29) is 30.7 Å². The summed E-state index contributed by atoms with van der Waals surface area (Å²) in [5.41, 5.74) is 1.02. The van der Waals surface area contributed by atoms with Crippen molar-refractivity contribution in [3.63, 3.8) is 0 Å². The number of anilines is 1. The van der Waals surface area contributed by atoms with Crippen molar-refractivity contribution >= 4 is 23.3 Å². The minimum Gasteiger partial charge on any atom is -0.482 e. The van der Waals surface area contributed by atoms with E-state index in [1.807, 2.05) is 6.92 Å². The summed E-state index contributed by atoms with van der Waals surface area (Å²) >= 11 is 0. The van der Waals surface area contributed by atoms with Crippen molar-refractivity contribution < 1.29 is 19.1 Å². The molecule has 0 saturated heterocycles. The molecule has 0 N–H and O–H groups in total. The van der Waals surface area contributed by atoms with Gasteiger partial charge in [0.1, 0.15) is 12.3 Å². The fourth-order valence-electron chi connectivity index (χ4n) is 2.80. The number of hydrogen-bond donors (Lipinski definition) is 0. The van der Waals surface area contributed by atoms with E-state index in [1.165, 1.54) is 4.90 Å². The van der Waals surface area contributed by atoms with Crippen LogP contribution in [0, 0.1) is 0 Å². The molecule has 0 fully saturated rings. The Morgan fingerprint density at radius 1 is 1.24 bits per heavy atom. The predicted molar refractivity (Wildman–Crippen MR) is 96.1 cm³/mol. The van der Waals surface area contributed by atoms with Crippen LogP contribution in [0.3, 0.4) is 0 Å². The molecule has 0 radical (unpaired) electrons. The Balaban J connectivity index is 2.25. The molecule has 6 nitrogen and oxygen atoms in total. The highest BCUT2D eigenvalue weighted by Crippen LogP contribution is 2.33. The van der Waals surface area contributed by atoms with Gasteiger partial charge < -0.3 is 9.64 Å². The molecule has 136 valence electrons. The molecule has 0 spiro atoms. The van der Waals surface area contributed by atoms with Crippen LogP contribution in [0.1, 0.15) is 50.4 Å². The third-order valence-corrected chi connectivity index (χ3v) is 4.35. The number of likely N-dealkylation sites (N-methyl/N-ethyl adjacent to an activating group) is 1. The molecule has 1 aliphatic heterocycles. The zero-order valence-electron chi connectivity index (χ0n) is 15.2. The van der Waals surface area contributed by atoms with Crippen LogP contribution in [-0.4, -0.2) is 48.7 Å². The average Bonchev–Trinajstić information content (AvgIpc) is 2.63. The maximum atomic E-state index is 12.6. The van der Waals surface area contributed by atoms with Crippen LogP contribution in [0.15, 0.2) is 18.2 Å². The number of Topliss-reactive ketones (excluding diaryl/α,β-unsaturated/α-hetero) is 1. The van der Waals surface area contributed by atoms with Crippen LogP contribution in [0.2, 0.25) is 0 Å². The van der Waals surface area contributed by atoms with E-state index in [2.05, 4.69) is 6.92 Å². The molecule has 2 rings (SSSR count). The summed E-state index contributed by atoms with van der Waals surface area (Å²) in [6.07, 6.45) is 2.32. The van der Waals surface area contributed by atoms with Crippen molar-refractivity contribution in [1.82, 2.24) is 4.90 Å². The third-order valence-electron chi connectivity index (χ3n) is 4.35. The molecule has 1 aliphatic rings. The van der Waals surface area contributed by atoms with Gasteiger partial charge in [-0.3, -0.25) is 19.3 Å². The molecule has 6 heteroatoms. The molecule has 0 aromatic heterocycles. The average molecular weight is 346 g/mol. The first-order valence-electron chi connectivity index (χ1n) is 8.89. The second kappa shape index (κ2) is 8.65. The number of ether oxygens (including phenoxy) is 1. The number of hydrogen-bond acceptors (Lipinski definition) is 4. The molecular formula is C19H26N2O4. The van der Waals surface area contributed by atoms with E-state index in [0.29, 0.717) is 36.5 Å². The molecule has 2 amide bonds. The number of fused-ring (bicyclic) bond motifs is 1. The summed E-state index contributed by atoms with van der Waals surface area (Å²) < 4.78 is 5.44. The Morgan fingerprint density at radius 2 is 2.00 bits per heavy atom. The standard InChI is InChI=1S/C19H26N2O4/c1-4-7-10-20(6-3)18(23)12-21-15-11-14(16(22)5-2)8-9-17(15)25-13-19(21)24/h8-9,11H,4-7,10,12-13H2,1-3H3. The van der Waals surface area contributed by atoms with Crippen LogP contribution in [0.4, 0.5) is 5.69 Å². The van der Waals surface area contributed by atoms with Crippen molar-refractivity contribution in [2.75, 3.05) is 31.1 Å². The molecule has 1 heterocycles. The lowest BCUT2D eigenvalue weighted by Gasteiger charge is -2.31. The number of rotatable bonds is 8. The molecule has 1 aromatic carbocycles. The molecular weight excluding hydrogens is 320 g/mol. The second-order valence-corrected chi connectivity index (χ2v) is 6.05. The minimum atomic E-state index is -0.270. The fourth-order valence-corrected chi connectivity index (χ4v) is 2.80. The maximum absolute atomic E-state index is 12.6. The van der Waals surface area contributed by atoms with Gasteiger partial charge in [0, 0.05) is 25.1 Å². The predicted octanol–water partition coefficient (Wildman–Crippen LogP) is 2.65. The van der Waals surface area contributed by atoms with Crippen LogP contribution < -0.4 is 9.64 Å². The molecule has 0 aliphatic carbocycles. The normalized spacial score (nSPS) is 13.2. The van der Waals surface area contributed by atoms with Gasteiger partial charge >= 0.3 is 0 Å². The molecule has 0 unspecified atom stereocenters. The third kappa shape index (κ3) is 4.38. The zero-order valence-corrected chi connectivity index (χ0v) is 15.2. The van der Waals surface area contributed by atoms with Crippen molar-refractivity contribution in [3.05, 3.63) is 23.8 Å². The van der Waals surface area contributed by atoms with Crippen molar-refractivity contribution in [2.24, 2.45) is 0 Å². The molecule has 0 atom stereocenters. The van der Waals surface area contributed by atoms with E-state index in [1.54, 1.807) is 30.0 Å².